The highest BCUT2D eigenvalue weighted by Gasteiger charge is 2.01. The number of aromatic nitrogens is 2. The van der Waals surface area contributed by atoms with E-state index < -0.39 is 0 Å². The van der Waals surface area contributed by atoms with Crippen molar-refractivity contribution < 1.29 is 4.79 Å². The number of benzene rings is 1. The van der Waals surface area contributed by atoms with Crippen LogP contribution in [0.3, 0.4) is 0 Å². The van der Waals surface area contributed by atoms with Crippen LogP contribution < -0.4 is 11.1 Å². The third kappa shape index (κ3) is 3.30. The van der Waals surface area contributed by atoms with Crippen LogP contribution in [0.2, 0.25) is 0 Å². The number of H-pyrrole nitrogens is 1. The van der Waals surface area contributed by atoms with Crippen molar-refractivity contribution in [3.63, 3.8) is 0 Å². The highest BCUT2D eigenvalue weighted by molar-refractivity contribution is 5.76. The quantitative estimate of drug-likeness (QED) is 0.710. The minimum Gasteiger partial charge on any atom is -0.356 e. The van der Waals surface area contributed by atoms with Gasteiger partial charge < -0.3 is 16.0 Å². The van der Waals surface area contributed by atoms with E-state index in [2.05, 4.69) is 21.4 Å². The number of rotatable bonds is 6. The molecule has 5 nitrogen and oxygen atoms in total. The standard InChI is InChI=1S/C13H18N4O/c14-6-1-2-13(18)15-7-5-10-3-4-11-12(8-10)17-9-16-11/h3-4,8-9H,1-2,5-7,14H2,(H,15,18)(H,16,17). The summed E-state index contributed by atoms with van der Waals surface area (Å²) < 4.78 is 0. The predicted molar refractivity (Wildman–Crippen MR) is 71.1 cm³/mol. The van der Waals surface area contributed by atoms with Crippen molar-refractivity contribution in [2.45, 2.75) is 19.3 Å². The molecule has 0 aliphatic rings. The van der Waals surface area contributed by atoms with E-state index >= 15 is 0 Å². The van der Waals surface area contributed by atoms with E-state index in [1.54, 1.807) is 6.33 Å². The van der Waals surface area contributed by atoms with Gasteiger partial charge in [0.2, 0.25) is 5.91 Å². The zero-order valence-electron chi connectivity index (χ0n) is 10.3. The number of imidazole rings is 1. The average Bonchev–Trinajstić information content (AvgIpc) is 2.83. The van der Waals surface area contributed by atoms with Crippen LogP contribution in [0.1, 0.15) is 18.4 Å². The Labute approximate surface area is 106 Å². The molecule has 1 amide bonds. The van der Waals surface area contributed by atoms with E-state index in [9.17, 15) is 4.79 Å². The van der Waals surface area contributed by atoms with Gasteiger partial charge in [-0.3, -0.25) is 4.79 Å². The first kappa shape index (κ1) is 12.6. The topological polar surface area (TPSA) is 83.8 Å². The third-order valence-electron chi connectivity index (χ3n) is 2.83. The number of fused-ring (bicyclic) bond motifs is 1. The summed E-state index contributed by atoms with van der Waals surface area (Å²) in [7, 11) is 0. The second kappa shape index (κ2) is 6.16. The zero-order chi connectivity index (χ0) is 12.8. The molecule has 0 saturated heterocycles. The molecule has 0 atom stereocenters. The van der Waals surface area contributed by atoms with Crippen LogP contribution in [0.15, 0.2) is 24.5 Å². The molecule has 2 aromatic rings. The zero-order valence-corrected chi connectivity index (χ0v) is 10.3. The van der Waals surface area contributed by atoms with E-state index in [1.807, 2.05) is 12.1 Å². The summed E-state index contributed by atoms with van der Waals surface area (Å²) in [5.74, 6) is 0.0723. The van der Waals surface area contributed by atoms with E-state index in [1.165, 1.54) is 5.56 Å². The Morgan fingerprint density at radius 1 is 1.44 bits per heavy atom. The Kier molecular flexibility index (Phi) is 4.30. The molecular formula is C13H18N4O. The van der Waals surface area contributed by atoms with E-state index in [4.69, 9.17) is 5.73 Å². The van der Waals surface area contributed by atoms with Gasteiger partial charge in [-0.1, -0.05) is 6.07 Å². The van der Waals surface area contributed by atoms with Gasteiger partial charge >= 0.3 is 0 Å². The smallest absolute Gasteiger partial charge is 0.220 e. The molecule has 0 aliphatic carbocycles. The van der Waals surface area contributed by atoms with Crippen molar-refractivity contribution in [1.29, 1.82) is 0 Å². The Morgan fingerprint density at radius 3 is 3.17 bits per heavy atom. The lowest BCUT2D eigenvalue weighted by molar-refractivity contribution is -0.121. The Bertz CT molecular complexity index is 520. The minimum atomic E-state index is 0.0723. The predicted octanol–water partition coefficient (Wildman–Crippen LogP) is 0.960. The fourth-order valence-corrected chi connectivity index (χ4v) is 1.84. The number of nitrogens with zero attached hydrogens (tertiary/aromatic N) is 1. The normalized spacial score (nSPS) is 10.7. The molecule has 0 aliphatic heterocycles. The van der Waals surface area contributed by atoms with Gasteiger partial charge in [-0.15, -0.1) is 0 Å². The maximum absolute atomic E-state index is 11.4. The van der Waals surface area contributed by atoms with Crippen molar-refractivity contribution >= 4 is 16.9 Å². The van der Waals surface area contributed by atoms with Gasteiger partial charge in [-0.05, 0) is 37.1 Å². The summed E-state index contributed by atoms with van der Waals surface area (Å²) in [6.45, 7) is 1.22. The van der Waals surface area contributed by atoms with Gasteiger partial charge in [-0.25, -0.2) is 4.98 Å². The van der Waals surface area contributed by atoms with E-state index in [-0.39, 0.29) is 5.91 Å². The molecule has 4 N–H and O–H groups in total. The highest BCUT2D eigenvalue weighted by atomic mass is 16.1. The van der Waals surface area contributed by atoms with Crippen molar-refractivity contribution in [3.05, 3.63) is 30.1 Å². The number of hydrogen-bond donors (Lipinski definition) is 3. The van der Waals surface area contributed by atoms with Crippen LogP contribution in [-0.4, -0.2) is 29.0 Å². The van der Waals surface area contributed by atoms with Crippen molar-refractivity contribution in [2.75, 3.05) is 13.1 Å². The number of aromatic amines is 1. The molecule has 0 bridgehead atoms. The van der Waals surface area contributed by atoms with E-state index in [0.29, 0.717) is 19.5 Å². The summed E-state index contributed by atoms with van der Waals surface area (Å²) in [5, 5.41) is 2.89. The SMILES string of the molecule is NCCCC(=O)NCCc1ccc2nc[nH]c2c1. The highest BCUT2D eigenvalue weighted by Crippen LogP contribution is 2.11. The van der Waals surface area contributed by atoms with Crippen molar-refractivity contribution in [3.8, 4) is 0 Å². The van der Waals surface area contributed by atoms with Crippen LogP contribution in [0.4, 0.5) is 0 Å². The summed E-state index contributed by atoms with van der Waals surface area (Å²) in [6, 6.07) is 6.08. The number of amides is 1. The minimum absolute atomic E-state index is 0.0723. The Hall–Kier alpha value is -1.88. The number of nitrogens with two attached hydrogens (primary N) is 1. The fourth-order valence-electron chi connectivity index (χ4n) is 1.84. The molecule has 5 heteroatoms. The molecule has 1 heterocycles. The van der Waals surface area contributed by atoms with E-state index in [0.717, 1.165) is 23.9 Å². The number of carbonyl (C=O) groups excluding carboxylic acids is 1. The lowest BCUT2D eigenvalue weighted by Gasteiger charge is -2.05. The van der Waals surface area contributed by atoms with Crippen molar-refractivity contribution in [1.82, 2.24) is 15.3 Å². The average molecular weight is 246 g/mol. The largest absolute Gasteiger partial charge is 0.356 e. The molecule has 0 fully saturated rings. The molecule has 0 saturated carbocycles. The number of nitrogens with one attached hydrogen (secondary N) is 2. The van der Waals surface area contributed by atoms with Gasteiger partial charge in [0.15, 0.2) is 0 Å². The Morgan fingerprint density at radius 2 is 2.33 bits per heavy atom. The van der Waals surface area contributed by atoms with Gasteiger partial charge in [0.1, 0.15) is 0 Å². The molecule has 1 aromatic carbocycles. The monoisotopic (exact) mass is 246 g/mol. The van der Waals surface area contributed by atoms with Crippen molar-refractivity contribution in [2.24, 2.45) is 5.73 Å². The molecule has 0 radical (unpaired) electrons. The molecule has 0 unspecified atom stereocenters. The molecule has 96 valence electrons. The Balaban J connectivity index is 1.81. The maximum atomic E-state index is 11.4. The summed E-state index contributed by atoms with van der Waals surface area (Å²) >= 11 is 0. The van der Waals surface area contributed by atoms with Gasteiger partial charge in [0, 0.05) is 13.0 Å². The maximum Gasteiger partial charge on any atom is 0.220 e. The lowest BCUT2D eigenvalue weighted by Crippen LogP contribution is -2.25. The van der Waals surface area contributed by atoms with Crippen LogP contribution >= 0.6 is 0 Å². The second-order valence-corrected chi connectivity index (χ2v) is 4.25. The summed E-state index contributed by atoms with van der Waals surface area (Å²) in [4.78, 5) is 18.6. The third-order valence-corrected chi connectivity index (χ3v) is 2.83. The molecule has 2 rings (SSSR count). The first-order chi connectivity index (χ1) is 8.79. The molecule has 18 heavy (non-hydrogen) atoms. The van der Waals surface area contributed by atoms with Gasteiger partial charge in [0.25, 0.3) is 0 Å². The van der Waals surface area contributed by atoms with Crippen LogP contribution in [0.25, 0.3) is 11.0 Å². The summed E-state index contributed by atoms with van der Waals surface area (Å²) in [5.41, 5.74) is 8.53. The fraction of sp³-hybridized carbons (Fsp3) is 0.385. The number of hydrogen-bond acceptors (Lipinski definition) is 3. The first-order valence-electron chi connectivity index (χ1n) is 6.18. The van der Waals surface area contributed by atoms with Crippen LogP contribution in [-0.2, 0) is 11.2 Å². The second-order valence-electron chi connectivity index (χ2n) is 4.25. The molecule has 0 spiro atoms. The lowest BCUT2D eigenvalue weighted by atomic mass is 10.1. The van der Waals surface area contributed by atoms with Gasteiger partial charge in [0.05, 0.1) is 17.4 Å². The molecule has 1 aromatic heterocycles. The summed E-state index contributed by atoms with van der Waals surface area (Å²) in [6.07, 6.45) is 3.76. The van der Waals surface area contributed by atoms with Crippen LogP contribution in [0, 0.1) is 0 Å². The van der Waals surface area contributed by atoms with Crippen LogP contribution in [0.5, 0.6) is 0 Å². The van der Waals surface area contributed by atoms with Gasteiger partial charge in [-0.2, -0.15) is 0 Å². The number of carbonyl (C=O) groups is 1. The first-order valence-corrected chi connectivity index (χ1v) is 6.18. The molecular weight excluding hydrogens is 228 g/mol.